The van der Waals surface area contributed by atoms with Gasteiger partial charge in [0.15, 0.2) is 0 Å². The van der Waals surface area contributed by atoms with Gasteiger partial charge in [-0.1, -0.05) is 17.7 Å². The average Bonchev–Trinajstić information content (AvgIpc) is 2.17. The van der Waals surface area contributed by atoms with Crippen molar-refractivity contribution in [2.45, 2.75) is 26.5 Å². The molecule has 0 spiro atoms. The van der Waals surface area contributed by atoms with Gasteiger partial charge in [0.25, 0.3) is 0 Å². The summed E-state index contributed by atoms with van der Waals surface area (Å²) in [5, 5.41) is 12.3. The van der Waals surface area contributed by atoms with Crippen LogP contribution in [0.5, 0.6) is 5.75 Å². The Morgan fingerprint density at radius 1 is 1.47 bits per heavy atom. The molecule has 0 unspecified atom stereocenters. The molecule has 0 bridgehead atoms. The number of nitrogens with one attached hydrogen (secondary N) is 1. The maximum Gasteiger partial charge on any atom is 0.123 e. The zero-order valence-electron chi connectivity index (χ0n) is 9.58. The lowest BCUT2D eigenvalue weighted by Crippen LogP contribution is -2.24. The van der Waals surface area contributed by atoms with Crippen LogP contribution in [0.4, 0.5) is 0 Å². The molecule has 0 saturated carbocycles. The van der Waals surface area contributed by atoms with Crippen LogP contribution in [0.2, 0.25) is 0 Å². The fourth-order valence-electron chi connectivity index (χ4n) is 1.46. The van der Waals surface area contributed by atoms with Gasteiger partial charge in [-0.3, -0.25) is 0 Å². The Labute approximate surface area is 91.1 Å². The van der Waals surface area contributed by atoms with Crippen LogP contribution in [0.15, 0.2) is 18.2 Å². The van der Waals surface area contributed by atoms with E-state index in [9.17, 15) is 0 Å². The van der Waals surface area contributed by atoms with Gasteiger partial charge in [-0.2, -0.15) is 0 Å². The zero-order chi connectivity index (χ0) is 11.3. The number of ether oxygens (including phenoxy) is 1. The van der Waals surface area contributed by atoms with Gasteiger partial charge in [0, 0.05) is 18.7 Å². The Bertz CT molecular complexity index is 310. The minimum atomic E-state index is -0.319. The minimum Gasteiger partial charge on any atom is -0.496 e. The van der Waals surface area contributed by atoms with Gasteiger partial charge in [0.1, 0.15) is 5.75 Å². The van der Waals surface area contributed by atoms with Crippen molar-refractivity contribution in [3.8, 4) is 5.75 Å². The molecule has 1 rings (SSSR count). The highest BCUT2D eigenvalue weighted by Gasteiger charge is 2.03. The summed E-state index contributed by atoms with van der Waals surface area (Å²) in [5.74, 6) is 0.888. The van der Waals surface area contributed by atoms with Gasteiger partial charge < -0.3 is 15.2 Å². The van der Waals surface area contributed by atoms with Crippen LogP contribution >= 0.6 is 0 Å². The Morgan fingerprint density at radius 3 is 2.80 bits per heavy atom. The first kappa shape index (κ1) is 12.0. The quantitative estimate of drug-likeness (QED) is 0.771. The van der Waals surface area contributed by atoms with Crippen LogP contribution in [-0.4, -0.2) is 24.9 Å². The number of rotatable bonds is 5. The monoisotopic (exact) mass is 209 g/mol. The molecule has 0 fully saturated rings. The second-order valence-electron chi connectivity index (χ2n) is 3.80. The average molecular weight is 209 g/mol. The predicted molar refractivity (Wildman–Crippen MR) is 61.1 cm³/mol. The van der Waals surface area contributed by atoms with Crippen LogP contribution in [0, 0.1) is 6.92 Å². The van der Waals surface area contributed by atoms with Crippen LogP contribution in [0.3, 0.4) is 0 Å². The first-order chi connectivity index (χ1) is 7.13. The second kappa shape index (κ2) is 5.73. The third-order valence-corrected chi connectivity index (χ3v) is 2.19. The van der Waals surface area contributed by atoms with Gasteiger partial charge in [-0.15, -0.1) is 0 Å². The highest BCUT2D eigenvalue weighted by molar-refractivity contribution is 5.36. The highest BCUT2D eigenvalue weighted by atomic mass is 16.5. The van der Waals surface area contributed by atoms with Crippen molar-refractivity contribution in [3.63, 3.8) is 0 Å². The molecule has 0 radical (unpaired) electrons. The zero-order valence-corrected chi connectivity index (χ0v) is 9.58. The number of methoxy groups -OCH3 is 1. The van der Waals surface area contributed by atoms with Crippen molar-refractivity contribution in [2.75, 3.05) is 13.7 Å². The Kier molecular flexibility index (Phi) is 4.59. The summed E-state index contributed by atoms with van der Waals surface area (Å²) in [6.45, 7) is 5.13. The van der Waals surface area contributed by atoms with Crippen LogP contribution in [-0.2, 0) is 6.54 Å². The molecular formula is C12H19NO2. The summed E-state index contributed by atoms with van der Waals surface area (Å²) in [7, 11) is 1.67. The third-order valence-electron chi connectivity index (χ3n) is 2.19. The molecule has 1 atom stereocenters. The molecule has 2 N–H and O–H groups in total. The van der Waals surface area contributed by atoms with E-state index in [1.807, 2.05) is 12.1 Å². The van der Waals surface area contributed by atoms with Crippen LogP contribution in [0.25, 0.3) is 0 Å². The number of hydrogen-bond acceptors (Lipinski definition) is 3. The second-order valence-corrected chi connectivity index (χ2v) is 3.80. The first-order valence-corrected chi connectivity index (χ1v) is 5.15. The van der Waals surface area contributed by atoms with E-state index in [1.165, 1.54) is 5.56 Å². The maximum absolute atomic E-state index is 9.12. The van der Waals surface area contributed by atoms with Crippen LogP contribution in [0.1, 0.15) is 18.1 Å². The molecule has 0 heterocycles. The van der Waals surface area contributed by atoms with Gasteiger partial charge in [-0.05, 0) is 19.9 Å². The lowest BCUT2D eigenvalue weighted by Gasteiger charge is -2.11. The van der Waals surface area contributed by atoms with Crippen molar-refractivity contribution < 1.29 is 9.84 Å². The molecule has 0 aliphatic carbocycles. The molecule has 0 amide bonds. The standard InChI is InChI=1S/C12H19NO2/c1-9-4-5-12(15-3)11(6-9)8-13-7-10(2)14/h4-6,10,13-14H,7-8H2,1-3H3/t10-/m0/s1. The molecule has 1 aromatic carbocycles. The smallest absolute Gasteiger partial charge is 0.123 e. The van der Waals surface area contributed by atoms with Gasteiger partial charge in [0.2, 0.25) is 0 Å². The number of hydrogen-bond donors (Lipinski definition) is 2. The van der Waals surface area contributed by atoms with E-state index >= 15 is 0 Å². The number of aliphatic hydroxyl groups excluding tert-OH is 1. The van der Waals surface area contributed by atoms with Crippen molar-refractivity contribution in [1.29, 1.82) is 0 Å². The molecule has 0 aliphatic heterocycles. The van der Waals surface area contributed by atoms with Gasteiger partial charge >= 0.3 is 0 Å². The normalized spacial score (nSPS) is 12.5. The molecule has 0 aromatic heterocycles. The molecule has 0 saturated heterocycles. The fourth-order valence-corrected chi connectivity index (χ4v) is 1.46. The van der Waals surface area contributed by atoms with E-state index in [1.54, 1.807) is 14.0 Å². The summed E-state index contributed by atoms with van der Waals surface area (Å²) in [5.41, 5.74) is 2.34. The lowest BCUT2D eigenvalue weighted by molar-refractivity contribution is 0.191. The minimum absolute atomic E-state index is 0.319. The molecule has 84 valence electrons. The third kappa shape index (κ3) is 3.90. The van der Waals surface area contributed by atoms with E-state index in [0.717, 1.165) is 17.9 Å². The van der Waals surface area contributed by atoms with E-state index in [0.29, 0.717) is 6.54 Å². The fraction of sp³-hybridized carbons (Fsp3) is 0.500. The summed E-state index contributed by atoms with van der Waals surface area (Å²) in [6.07, 6.45) is -0.319. The Balaban J connectivity index is 2.62. The van der Waals surface area contributed by atoms with E-state index in [2.05, 4.69) is 18.3 Å². The topological polar surface area (TPSA) is 41.5 Å². The van der Waals surface area contributed by atoms with Gasteiger partial charge in [0.05, 0.1) is 13.2 Å². The van der Waals surface area contributed by atoms with Crippen molar-refractivity contribution in [1.82, 2.24) is 5.32 Å². The molecule has 3 nitrogen and oxygen atoms in total. The molecule has 0 aliphatic rings. The summed E-state index contributed by atoms with van der Waals surface area (Å²) >= 11 is 0. The first-order valence-electron chi connectivity index (χ1n) is 5.15. The number of aryl methyl sites for hydroxylation is 1. The molecule has 15 heavy (non-hydrogen) atoms. The summed E-state index contributed by atoms with van der Waals surface area (Å²) in [4.78, 5) is 0. The SMILES string of the molecule is COc1ccc(C)cc1CNC[C@H](C)O. The van der Waals surface area contributed by atoms with Gasteiger partial charge in [-0.25, -0.2) is 0 Å². The van der Waals surface area contributed by atoms with Crippen molar-refractivity contribution in [2.24, 2.45) is 0 Å². The van der Waals surface area contributed by atoms with Crippen LogP contribution < -0.4 is 10.1 Å². The van der Waals surface area contributed by atoms with E-state index in [4.69, 9.17) is 9.84 Å². The number of benzene rings is 1. The summed E-state index contributed by atoms with van der Waals surface area (Å²) in [6, 6.07) is 6.08. The Morgan fingerprint density at radius 2 is 2.20 bits per heavy atom. The molecule has 3 heteroatoms. The van der Waals surface area contributed by atoms with E-state index < -0.39 is 0 Å². The largest absolute Gasteiger partial charge is 0.496 e. The lowest BCUT2D eigenvalue weighted by atomic mass is 10.1. The van der Waals surface area contributed by atoms with Crippen molar-refractivity contribution in [3.05, 3.63) is 29.3 Å². The maximum atomic E-state index is 9.12. The van der Waals surface area contributed by atoms with Crippen molar-refractivity contribution >= 4 is 0 Å². The highest BCUT2D eigenvalue weighted by Crippen LogP contribution is 2.19. The molecular weight excluding hydrogens is 190 g/mol. The molecule has 1 aromatic rings. The Hall–Kier alpha value is -1.06. The predicted octanol–water partition coefficient (Wildman–Crippen LogP) is 1.47. The number of aliphatic hydroxyl groups is 1. The summed E-state index contributed by atoms with van der Waals surface area (Å²) < 4.78 is 5.26. The van der Waals surface area contributed by atoms with E-state index in [-0.39, 0.29) is 6.10 Å².